The second-order valence-electron chi connectivity index (χ2n) is 20.4. The second-order valence-corrected chi connectivity index (χ2v) is 21.8. The number of anilines is 1. The third kappa shape index (κ3) is 12.8. The van der Waals surface area contributed by atoms with E-state index in [1.807, 2.05) is 38.4 Å². The number of benzene rings is 3. The maximum absolute atomic E-state index is 15.2. The Kier molecular flexibility index (Phi) is 20.2. The van der Waals surface area contributed by atoms with Crippen molar-refractivity contribution in [1.82, 2.24) is 24.2 Å². The number of halogens is 17. The Morgan fingerprint density at radius 1 is 0.776 bits per heavy atom. The average Bonchev–Trinajstić information content (AvgIpc) is 2.11. The Balaban J connectivity index is 1.41. The number of imidazole rings is 1. The van der Waals surface area contributed by atoms with Gasteiger partial charge >= 0.3 is 47.6 Å². The van der Waals surface area contributed by atoms with Gasteiger partial charge in [-0.05, 0) is 68.5 Å². The maximum Gasteiger partial charge on any atom is 0.460 e. The van der Waals surface area contributed by atoms with Crippen LogP contribution in [0.5, 0.6) is 5.75 Å². The van der Waals surface area contributed by atoms with Crippen LogP contribution < -0.4 is 15.6 Å². The third-order valence-corrected chi connectivity index (χ3v) is 15.7. The smallest absolute Gasteiger partial charge is 0.460 e. The average molecular weight is 1260 g/mol. The zero-order chi connectivity index (χ0) is 63.7. The van der Waals surface area contributed by atoms with E-state index in [9.17, 15) is 80.7 Å². The lowest BCUT2D eigenvalue weighted by Gasteiger charge is -2.42. The van der Waals surface area contributed by atoms with Gasteiger partial charge in [0.15, 0.2) is 11.2 Å². The van der Waals surface area contributed by atoms with Crippen molar-refractivity contribution in [3.05, 3.63) is 118 Å². The Bertz CT molecular complexity index is 3170. The van der Waals surface area contributed by atoms with Gasteiger partial charge in [0.2, 0.25) is 11.9 Å². The molecule has 14 nitrogen and oxygen atoms in total. The van der Waals surface area contributed by atoms with Gasteiger partial charge in [-0.15, -0.1) is 0 Å². The summed E-state index contributed by atoms with van der Waals surface area (Å²) >= 11 is 0. The quantitative estimate of drug-likeness (QED) is 0.0222. The molecule has 0 bridgehead atoms. The summed E-state index contributed by atoms with van der Waals surface area (Å²) in [4.78, 5) is 37.1. The Labute approximate surface area is 474 Å². The minimum atomic E-state index is -8.75. The van der Waals surface area contributed by atoms with Crippen molar-refractivity contribution >= 4 is 31.5 Å². The summed E-state index contributed by atoms with van der Waals surface area (Å²) in [5.41, 5.74) is -2.60. The SMILES string of the molecule is COc1ccc(C(OCC2OC(n3cnc4c(=O)[nH]c(NC(=O)C(C)C)nc43)CC2OP(OCCC#N)N(C(C)C)C(C)C)(c2ccccc2)c2ccc(CCC(F)(F)C(F)(F)C(F)(F)C(F)(F)C(F)(F)C(F)(F)C(F)(F)C(F)(F)F)cc2)cc1. The highest BCUT2D eigenvalue weighted by Crippen LogP contribution is 2.64. The number of carbonyl (C=O) groups is 1. The molecule has 5 atom stereocenters. The standard InChI is InChI=1S/C53H55F17N7O7P/c1-29(2)42(78)74-44-73-41-40(43(79)75-44)72-28-76(41)39-26-37(84-85(82-25-11-24-71)77(30(3)4)31(5)6)38(83-39)27-81-46(33-12-9-8-10-13-33,35-18-20-36(80-7)21-19-35)34-16-14-32(15-17-34)22-23-45(54,55)47(56,57)48(58,59)49(60,61)50(62,63)51(64,65)52(66,67)53(68,69)70/h8-10,12-21,28-31,37-39H,11,22-23,25-27H2,1-7H3,(H2,73,74,75,78,79). The molecule has 1 fully saturated rings. The number of aromatic nitrogens is 4. The van der Waals surface area contributed by atoms with Crippen molar-refractivity contribution in [3.8, 4) is 11.8 Å². The van der Waals surface area contributed by atoms with Crippen LogP contribution in [0.2, 0.25) is 0 Å². The number of hydrogen-bond donors (Lipinski definition) is 2. The van der Waals surface area contributed by atoms with Gasteiger partial charge < -0.3 is 23.3 Å². The van der Waals surface area contributed by atoms with Crippen LogP contribution in [0.25, 0.3) is 11.2 Å². The van der Waals surface area contributed by atoms with Gasteiger partial charge in [-0.1, -0.05) is 80.6 Å². The molecule has 0 saturated carbocycles. The fraction of sp³-hybridized carbons (Fsp3) is 0.528. The van der Waals surface area contributed by atoms with E-state index in [0.717, 1.165) is 12.1 Å². The second kappa shape index (κ2) is 25.3. The van der Waals surface area contributed by atoms with E-state index in [-0.39, 0.29) is 59.8 Å². The number of rotatable bonds is 27. The van der Waals surface area contributed by atoms with Gasteiger partial charge in [-0.3, -0.25) is 24.5 Å². The molecule has 1 amide bonds. The molecule has 0 radical (unpaired) electrons. The zero-order valence-electron chi connectivity index (χ0n) is 45.8. The summed E-state index contributed by atoms with van der Waals surface area (Å²) in [7, 11) is -0.678. The van der Waals surface area contributed by atoms with E-state index in [2.05, 4.69) is 20.3 Å². The summed E-state index contributed by atoms with van der Waals surface area (Å²) in [6, 6.07) is 20.0. The molecular formula is C53H55F17N7O7P. The third-order valence-electron chi connectivity index (χ3n) is 13.6. The van der Waals surface area contributed by atoms with Crippen molar-refractivity contribution < 1.29 is 103 Å². The van der Waals surface area contributed by atoms with Gasteiger partial charge in [-0.25, -0.2) is 9.65 Å². The fourth-order valence-electron chi connectivity index (χ4n) is 9.02. The molecule has 1 aliphatic rings. The number of nitriles is 1. The van der Waals surface area contributed by atoms with Gasteiger partial charge in [-0.2, -0.15) is 84.9 Å². The number of amides is 1. The highest BCUT2D eigenvalue weighted by Gasteiger charge is 2.95. The van der Waals surface area contributed by atoms with Crippen molar-refractivity contribution in [1.29, 1.82) is 5.26 Å². The van der Waals surface area contributed by atoms with Crippen LogP contribution >= 0.6 is 8.53 Å². The first-order chi connectivity index (χ1) is 39.3. The predicted molar refractivity (Wildman–Crippen MR) is 271 cm³/mol. The zero-order valence-corrected chi connectivity index (χ0v) is 46.7. The van der Waals surface area contributed by atoms with Crippen molar-refractivity contribution in [2.75, 3.05) is 25.6 Å². The molecule has 6 rings (SSSR count). The molecule has 85 heavy (non-hydrogen) atoms. The summed E-state index contributed by atoms with van der Waals surface area (Å²) in [5, 5.41) is 12.0. The topological polar surface area (TPSA) is 166 Å². The summed E-state index contributed by atoms with van der Waals surface area (Å²) in [6.07, 6.45) is -14.1. The van der Waals surface area contributed by atoms with Crippen LogP contribution in [0.4, 0.5) is 80.6 Å². The number of aromatic amines is 1. The first-order valence-corrected chi connectivity index (χ1v) is 26.8. The number of hydrogen-bond acceptors (Lipinski definition) is 11. The number of nitrogens with zero attached hydrogens (tertiary/aromatic N) is 5. The summed E-state index contributed by atoms with van der Waals surface area (Å²) in [5.74, 6) is -58.1. The van der Waals surface area contributed by atoms with Crippen LogP contribution in [-0.4, -0.2) is 122 Å². The molecule has 0 spiro atoms. The molecule has 3 aromatic carbocycles. The summed E-state index contributed by atoms with van der Waals surface area (Å²) < 4.78 is 275. The number of alkyl halides is 17. The number of ether oxygens (including phenoxy) is 3. The molecule has 3 heterocycles. The Morgan fingerprint density at radius 2 is 1.31 bits per heavy atom. The van der Waals surface area contributed by atoms with E-state index in [0.29, 0.717) is 11.3 Å². The number of fused-ring (bicyclic) bond motifs is 1. The van der Waals surface area contributed by atoms with Crippen LogP contribution in [0.1, 0.15) is 89.3 Å². The molecule has 0 aliphatic carbocycles. The van der Waals surface area contributed by atoms with E-state index >= 15 is 8.78 Å². The predicted octanol–water partition coefficient (Wildman–Crippen LogP) is 13.6. The number of methoxy groups -OCH3 is 1. The Hall–Kier alpha value is -6.19. The lowest BCUT2D eigenvalue weighted by atomic mass is 9.79. The van der Waals surface area contributed by atoms with Crippen LogP contribution in [-0.2, 0) is 35.3 Å². The minimum absolute atomic E-state index is 0.0303. The van der Waals surface area contributed by atoms with Crippen molar-refractivity contribution in [2.24, 2.45) is 5.92 Å². The molecule has 1 aliphatic heterocycles. The lowest BCUT2D eigenvalue weighted by molar-refractivity contribution is -0.461. The first-order valence-electron chi connectivity index (χ1n) is 25.6. The van der Waals surface area contributed by atoms with E-state index in [1.165, 1.54) is 42.3 Å². The molecule has 32 heteroatoms. The number of H-pyrrole nitrogens is 1. The largest absolute Gasteiger partial charge is 0.497 e. The van der Waals surface area contributed by atoms with Gasteiger partial charge in [0, 0.05) is 30.8 Å². The maximum atomic E-state index is 15.2. The fourth-order valence-corrected chi connectivity index (χ4v) is 10.8. The van der Waals surface area contributed by atoms with Gasteiger partial charge in [0.1, 0.15) is 23.7 Å². The van der Waals surface area contributed by atoms with E-state index in [4.69, 9.17) is 23.3 Å². The molecule has 5 unspecified atom stereocenters. The monoisotopic (exact) mass is 1260 g/mol. The van der Waals surface area contributed by atoms with Gasteiger partial charge in [0.25, 0.3) is 14.1 Å². The molecule has 5 aromatic rings. The molecule has 2 N–H and O–H groups in total. The molecular weight excluding hydrogens is 1200 g/mol. The Morgan fingerprint density at radius 3 is 1.82 bits per heavy atom. The van der Waals surface area contributed by atoms with Crippen LogP contribution in [0.3, 0.4) is 0 Å². The number of aryl methyl sites for hydroxylation is 1. The minimum Gasteiger partial charge on any atom is -0.497 e. The molecule has 2 aromatic heterocycles. The van der Waals surface area contributed by atoms with E-state index in [1.54, 1.807) is 56.3 Å². The van der Waals surface area contributed by atoms with Crippen molar-refractivity contribution in [3.63, 3.8) is 0 Å². The number of nitrogens with one attached hydrogen (secondary N) is 2. The normalized spacial score (nSPS) is 18.1. The van der Waals surface area contributed by atoms with Crippen LogP contribution in [0.15, 0.2) is 90.0 Å². The highest BCUT2D eigenvalue weighted by atomic mass is 31.2. The van der Waals surface area contributed by atoms with E-state index < -0.39 is 123 Å². The first kappa shape index (κ1) is 67.9. The number of carbonyl (C=O) groups excluding carboxylic acids is 1. The lowest BCUT2D eigenvalue weighted by Crippen LogP contribution is -2.74. The highest BCUT2D eigenvalue weighted by molar-refractivity contribution is 7.44. The molecule has 468 valence electrons. The molecule has 1 saturated heterocycles. The van der Waals surface area contributed by atoms with Crippen molar-refractivity contribution in [2.45, 2.75) is 151 Å². The van der Waals surface area contributed by atoms with Crippen LogP contribution in [0, 0.1) is 17.2 Å². The summed E-state index contributed by atoms with van der Waals surface area (Å²) in [6.45, 7) is 10.2. The van der Waals surface area contributed by atoms with Gasteiger partial charge in [0.05, 0.1) is 45.2 Å².